The lowest BCUT2D eigenvalue weighted by Crippen LogP contribution is -2.20. The lowest BCUT2D eigenvalue weighted by Gasteiger charge is -2.20. The third-order valence-corrected chi connectivity index (χ3v) is 4.23. The highest BCUT2D eigenvalue weighted by Crippen LogP contribution is 2.35. The van der Waals surface area contributed by atoms with Crippen molar-refractivity contribution in [2.75, 3.05) is 0 Å². The monoisotopic (exact) mass is 342 g/mol. The van der Waals surface area contributed by atoms with Crippen LogP contribution in [-0.2, 0) is 14.4 Å². The summed E-state index contributed by atoms with van der Waals surface area (Å²) in [4.78, 5) is 47.8. The lowest BCUT2D eigenvalue weighted by atomic mass is 9.82. The highest BCUT2D eigenvalue weighted by Gasteiger charge is 2.30. The van der Waals surface area contributed by atoms with Gasteiger partial charge in [0, 0.05) is 29.2 Å². The minimum Gasteiger partial charge on any atom is -0.478 e. The van der Waals surface area contributed by atoms with Crippen molar-refractivity contribution < 1.29 is 29.0 Å². The summed E-state index contributed by atoms with van der Waals surface area (Å²) in [5.41, 5.74) is 1.62. The second-order valence-corrected chi connectivity index (χ2v) is 5.98. The molecule has 6 nitrogen and oxygen atoms in total. The normalized spacial score (nSPS) is 14.9. The molecular formula is C19H18O6. The van der Waals surface area contributed by atoms with Gasteiger partial charge in [-0.2, -0.15) is 0 Å². The van der Waals surface area contributed by atoms with E-state index in [2.05, 4.69) is 0 Å². The number of Topliss-reactive ketones (excluding diaryl/α,β-unsaturated/α-hetero) is 2. The van der Waals surface area contributed by atoms with E-state index in [1.54, 1.807) is 33.8 Å². The zero-order valence-electron chi connectivity index (χ0n) is 14.6. The van der Waals surface area contributed by atoms with Gasteiger partial charge in [0.25, 0.3) is 0 Å². The molecule has 1 aromatic rings. The zero-order valence-corrected chi connectivity index (χ0v) is 14.6. The highest BCUT2D eigenvalue weighted by molar-refractivity contribution is 6.39. The standard InChI is InChI=1S/C19H18O6/c1-8-6-13(7-14(19(23)24)18(8)25-12(5)20)15-11(4)16(21)9(2)10(3)17(15)22/h6-7H,1-5H3,(H,23,24). The van der Waals surface area contributed by atoms with Crippen LogP contribution in [0.3, 0.4) is 0 Å². The molecule has 0 unspecified atom stereocenters. The van der Waals surface area contributed by atoms with E-state index >= 15 is 0 Å². The smallest absolute Gasteiger partial charge is 0.339 e. The number of ketones is 2. The van der Waals surface area contributed by atoms with E-state index in [1.165, 1.54) is 13.0 Å². The third-order valence-electron chi connectivity index (χ3n) is 4.23. The molecule has 6 heteroatoms. The number of carboxylic acids is 1. The molecule has 2 rings (SSSR count). The van der Waals surface area contributed by atoms with Gasteiger partial charge in [-0.1, -0.05) is 0 Å². The van der Waals surface area contributed by atoms with Crippen LogP contribution in [0.2, 0.25) is 0 Å². The maximum atomic E-state index is 12.6. The van der Waals surface area contributed by atoms with Crippen LogP contribution in [0, 0.1) is 6.92 Å². The summed E-state index contributed by atoms with van der Waals surface area (Å²) in [5.74, 6) is -2.57. The predicted octanol–water partition coefficient (Wildman–Crippen LogP) is 2.88. The summed E-state index contributed by atoms with van der Waals surface area (Å²) in [7, 11) is 0. The molecule has 0 atom stereocenters. The van der Waals surface area contributed by atoms with Gasteiger partial charge >= 0.3 is 11.9 Å². The van der Waals surface area contributed by atoms with Gasteiger partial charge in [0.05, 0.1) is 0 Å². The number of carboxylic acid groups (broad SMARTS) is 1. The molecule has 1 N–H and O–H groups in total. The van der Waals surface area contributed by atoms with Crippen molar-refractivity contribution in [2.24, 2.45) is 0 Å². The minimum absolute atomic E-state index is 0.0694. The van der Waals surface area contributed by atoms with Crippen molar-refractivity contribution in [3.8, 4) is 5.75 Å². The van der Waals surface area contributed by atoms with Gasteiger partial charge in [0.2, 0.25) is 0 Å². The van der Waals surface area contributed by atoms with Crippen molar-refractivity contribution in [1.82, 2.24) is 0 Å². The predicted molar refractivity (Wildman–Crippen MR) is 90.4 cm³/mol. The number of ether oxygens (including phenoxy) is 1. The van der Waals surface area contributed by atoms with Gasteiger partial charge in [-0.25, -0.2) is 4.79 Å². The summed E-state index contributed by atoms with van der Waals surface area (Å²) < 4.78 is 5.00. The van der Waals surface area contributed by atoms with Crippen LogP contribution < -0.4 is 4.74 Å². The van der Waals surface area contributed by atoms with Crippen LogP contribution in [-0.4, -0.2) is 28.6 Å². The van der Waals surface area contributed by atoms with Gasteiger partial charge < -0.3 is 9.84 Å². The van der Waals surface area contributed by atoms with Gasteiger partial charge in [0.1, 0.15) is 11.3 Å². The number of benzene rings is 1. The SMILES string of the molecule is CC(=O)Oc1c(C)cc(C2=C(C)C(=O)C(C)=C(C)C2=O)cc1C(=O)O. The molecule has 0 heterocycles. The van der Waals surface area contributed by atoms with Crippen molar-refractivity contribution in [3.63, 3.8) is 0 Å². The lowest BCUT2D eigenvalue weighted by molar-refractivity contribution is -0.132. The van der Waals surface area contributed by atoms with Gasteiger partial charge in [0.15, 0.2) is 11.6 Å². The first-order valence-corrected chi connectivity index (χ1v) is 7.60. The van der Waals surface area contributed by atoms with E-state index in [-0.39, 0.29) is 34.0 Å². The fourth-order valence-electron chi connectivity index (χ4n) is 2.80. The van der Waals surface area contributed by atoms with Crippen molar-refractivity contribution in [1.29, 1.82) is 0 Å². The van der Waals surface area contributed by atoms with Crippen molar-refractivity contribution in [2.45, 2.75) is 34.6 Å². The summed E-state index contributed by atoms with van der Waals surface area (Å²) in [6.45, 7) is 7.45. The molecule has 0 radical (unpaired) electrons. The van der Waals surface area contributed by atoms with Crippen LogP contribution in [0.15, 0.2) is 28.9 Å². The van der Waals surface area contributed by atoms with E-state index in [9.17, 15) is 24.3 Å². The number of carbonyl (C=O) groups is 4. The average molecular weight is 342 g/mol. The van der Waals surface area contributed by atoms with Crippen LogP contribution in [0.1, 0.15) is 49.2 Å². The summed E-state index contributed by atoms with van der Waals surface area (Å²) in [6, 6.07) is 2.80. The molecule has 0 saturated carbocycles. The number of allylic oxidation sites excluding steroid dienone is 4. The Kier molecular flexibility index (Phi) is 4.74. The largest absolute Gasteiger partial charge is 0.478 e. The highest BCUT2D eigenvalue weighted by atomic mass is 16.5. The molecule has 0 aromatic heterocycles. The number of hydrogen-bond donors (Lipinski definition) is 1. The number of aryl methyl sites for hydroxylation is 1. The molecule has 0 bridgehead atoms. The number of hydrogen-bond acceptors (Lipinski definition) is 5. The van der Waals surface area contributed by atoms with Crippen molar-refractivity contribution >= 4 is 29.1 Å². The number of esters is 1. The first-order chi connectivity index (χ1) is 11.6. The fourth-order valence-corrected chi connectivity index (χ4v) is 2.80. The Morgan fingerprint density at radius 2 is 1.48 bits per heavy atom. The second-order valence-electron chi connectivity index (χ2n) is 5.98. The Balaban J connectivity index is 2.73. The Morgan fingerprint density at radius 1 is 0.920 bits per heavy atom. The maximum absolute atomic E-state index is 12.6. The van der Waals surface area contributed by atoms with E-state index in [0.717, 1.165) is 0 Å². The Labute approximate surface area is 144 Å². The molecule has 25 heavy (non-hydrogen) atoms. The summed E-state index contributed by atoms with van der Waals surface area (Å²) in [5, 5.41) is 9.44. The Hall–Kier alpha value is -3.02. The summed E-state index contributed by atoms with van der Waals surface area (Å²) >= 11 is 0. The maximum Gasteiger partial charge on any atom is 0.339 e. The van der Waals surface area contributed by atoms with E-state index in [1.807, 2.05) is 0 Å². The van der Waals surface area contributed by atoms with E-state index < -0.39 is 11.9 Å². The van der Waals surface area contributed by atoms with Gasteiger partial charge in [-0.15, -0.1) is 0 Å². The second kappa shape index (κ2) is 6.47. The van der Waals surface area contributed by atoms with Crippen LogP contribution in [0.5, 0.6) is 5.75 Å². The van der Waals surface area contributed by atoms with Crippen LogP contribution in [0.25, 0.3) is 5.57 Å². The molecular weight excluding hydrogens is 324 g/mol. The quantitative estimate of drug-likeness (QED) is 0.515. The number of aromatic carboxylic acids is 1. The molecule has 0 fully saturated rings. The van der Waals surface area contributed by atoms with Crippen LogP contribution in [0.4, 0.5) is 0 Å². The Bertz CT molecular complexity index is 899. The average Bonchev–Trinajstić information content (AvgIpc) is 2.52. The first-order valence-electron chi connectivity index (χ1n) is 7.60. The summed E-state index contributed by atoms with van der Waals surface area (Å²) in [6.07, 6.45) is 0. The first kappa shape index (κ1) is 18.3. The fraction of sp³-hybridized carbons (Fsp3) is 0.263. The van der Waals surface area contributed by atoms with Gasteiger partial charge in [-0.3, -0.25) is 14.4 Å². The van der Waals surface area contributed by atoms with E-state index in [0.29, 0.717) is 22.3 Å². The third kappa shape index (κ3) is 3.15. The van der Waals surface area contributed by atoms with Crippen molar-refractivity contribution in [3.05, 3.63) is 45.5 Å². The topological polar surface area (TPSA) is 97.7 Å². The molecule has 130 valence electrons. The molecule has 1 aromatic carbocycles. The number of rotatable bonds is 3. The molecule has 0 spiro atoms. The molecule has 0 saturated heterocycles. The van der Waals surface area contributed by atoms with Gasteiger partial charge in [-0.05, 0) is 51.0 Å². The molecule has 1 aliphatic rings. The Morgan fingerprint density at radius 3 is 2.00 bits per heavy atom. The van der Waals surface area contributed by atoms with Crippen LogP contribution >= 0.6 is 0 Å². The molecule has 1 aliphatic carbocycles. The van der Waals surface area contributed by atoms with E-state index in [4.69, 9.17) is 4.74 Å². The molecule has 0 aliphatic heterocycles. The minimum atomic E-state index is -1.29. The number of carbonyl (C=O) groups excluding carboxylic acids is 3. The zero-order chi connectivity index (χ0) is 19.0. The molecule has 0 amide bonds.